The molecule has 0 aliphatic carbocycles. The molecule has 110 valence electrons. The second-order valence-corrected chi connectivity index (χ2v) is 5.54. The van der Waals surface area contributed by atoms with Gasteiger partial charge in [-0.1, -0.05) is 13.3 Å². The summed E-state index contributed by atoms with van der Waals surface area (Å²) in [6, 6.07) is 5.61. The fourth-order valence-corrected chi connectivity index (χ4v) is 2.94. The minimum atomic E-state index is -0.0924. The molecule has 1 atom stereocenters. The van der Waals surface area contributed by atoms with E-state index in [1.54, 1.807) is 13.1 Å². The smallest absolute Gasteiger partial charge is 0.251 e. The lowest BCUT2D eigenvalue weighted by atomic mass is 9.98. The van der Waals surface area contributed by atoms with Crippen LogP contribution >= 0.6 is 0 Å². The first-order chi connectivity index (χ1) is 9.65. The molecule has 1 saturated heterocycles. The van der Waals surface area contributed by atoms with Gasteiger partial charge in [-0.05, 0) is 43.4 Å². The third-order valence-corrected chi connectivity index (χ3v) is 4.28. The van der Waals surface area contributed by atoms with Gasteiger partial charge < -0.3 is 16.0 Å². The van der Waals surface area contributed by atoms with Crippen molar-refractivity contribution in [3.8, 4) is 0 Å². The molecule has 20 heavy (non-hydrogen) atoms. The Bertz CT molecular complexity index is 473. The van der Waals surface area contributed by atoms with Gasteiger partial charge in [0.2, 0.25) is 0 Å². The Balaban J connectivity index is 2.14. The van der Waals surface area contributed by atoms with E-state index in [4.69, 9.17) is 5.73 Å². The summed E-state index contributed by atoms with van der Waals surface area (Å²) in [5, 5.41) is 2.62. The summed E-state index contributed by atoms with van der Waals surface area (Å²) in [5.41, 5.74) is 8.52. The lowest BCUT2D eigenvalue weighted by Crippen LogP contribution is -2.25. The molecular formula is C16H25N3O. The van der Waals surface area contributed by atoms with E-state index in [0.717, 1.165) is 24.7 Å². The second-order valence-electron chi connectivity index (χ2n) is 5.54. The minimum Gasteiger partial charge on any atom is -0.397 e. The van der Waals surface area contributed by atoms with E-state index in [-0.39, 0.29) is 5.91 Å². The third kappa shape index (κ3) is 3.24. The fourth-order valence-electron chi connectivity index (χ4n) is 2.94. The van der Waals surface area contributed by atoms with Gasteiger partial charge >= 0.3 is 0 Å². The molecule has 1 aliphatic rings. The molecule has 0 spiro atoms. The molecule has 1 aromatic rings. The molecule has 1 amide bonds. The maximum Gasteiger partial charge on any atom is 0.251 e. The van der Waals surface area contributed by atoms with Gasteiger partial charge in [0.15, 0.2) is 0 Å². The maximum absolute atomic E-state index is 11.6. The van der Waals surface area contributed by atoms with Gasteiger partial charge in [-0.25, -0.2) is 0 Å². The number of nitrogen functional groups attached to an aromatic ring is 1. The second kappa shape index (κ2) is 6.64. The lowest BCUT2D eigenvalue weighted by Gasteiger charge is -2.24. The number of carbonyl (C=O) groups excluding carboxylic acids is 1. The molecule has 0 bridgehead atoms. The Morgan fingerprint density at radius 1 is 1.40 bits per heavy atom. The number of rotatable bonds is 3. The van der Waals surface area contributed by atoms with Gasteiger partial charge in [-0.2, -0.15) is 0 Å². The van der Waals surface area contributed by atoms with Gasteiger partial charge in [0.1, 0.15) is 0 Å². The summed E-state index contributed by atoms with van der Waals surface area (Å²) in [4.78, 5) is 14.0. The van der Waals surface area contributed by atoms with E-state index in [9.17, 15) is 4.79 Å². The van der Waals surface area contributed by atoms with Crippen LogP contribution < -0.4 is 16.0 Å². The Labute approximate surface area is 121 Å². The van der Waals surface area contributed by atoms with Crippen LogP contribution in [-0.4, -0.2) is 26.0 Å². The molecular weight excluding hydrogens is 250 g/mol. The number of nitrogens with two attached hydrogens (primary N) is 1. The predicted octanol–water partition coefficient (Wildman–Crippen LogP) is 2.64. The molecule has 1 aliphatic heterocycles. The van der Waals surface area contributed by atoms with E-state index < -0.39 is 0 Å². The molecule has 3 N–H and O–H groups in total. The standard InChI is InChI=1S/C16H25N3O/c1-3-12-5-4-9-19(10-8-12)15-7-6-13(11-14(15)17)16(20)18-2/h6-7,11-12H,3-5,8-10,17H2,1-2H3,(H,18,20). The van der Waals surface area contributed by atoms with Gasteiger partial charge in [0, 0.05) is 25.7 Å². The summed E-state index contributed by atoms with van der Waals surface area (Å²) < 4.78 is 0. The van der Waals surface area contributed by atoms with Crippen molar-refractivity contribution in [1.82, 2.24) is 5.32 Å². The Kier molecular flexibility index (Phi) is 4.88. The molecule has 0 saturated carbocycles. The first-order valence-electron chi connectivity index (χ1n) is 7.52. The van der Waals surface area contributed by atoms with E-state index in [1.165, 1.54) is 25.7 Å². The van der Waals surface area contributed by atoms with Crippen molar-refractivity contribution in [2.45, 2.75) is 32.6 Å². The number of hydrogen-bond donors (Lipinski definition) is 2. The number of nitrogens with zero attached hydrogens (tertiary/aromatic N) is 1. The van der Waals surface area contributed by atoms with Crippen LogP contribution in [0.25, 0.3) is 0 Å². The van der Waals surface area contributed by atoms with Gasteiger partial charge in [-0.3, -0.25) is 4.79 Å². The van der Waals surface area contributed by atoms with E-state index in [1.807, 2.05) is 12.1 Å². The average Bonchev–Trinajstić information content (AvgIpc) is 2.71. The number of benzene rings is 1. The summed E-state index contributed by atoms with van der Waals surface area (Å²) in [6.07, 6.45) is 5.02. The zero-order valence-electron chi connectivity index (χ0n) is 12.5. The van der Waals surface area contributed by atoms with Crippen LogP contribution in [0.5, 0.6) is 0 Å². The highest BCUT2D eigenvalue weighted by Crippen LogP contribution is 2.29. The van der Waals surface area contributed by atoms with Crippen LogP contribution in [-0.2, 0) is 0 Å². The van der Waals surface area contributed by atoms with Crippen LogP contribution in [0, 0.1) is 5.92 Å². The fraction of sp³-hybridized carbons (Fsp3) is 0.562. The molecule has 1 aromatic carbocycles. The topological polar surface area (TPSA) is 58.4 Å². The molecule has 4 heteroatoms. The maximum atomic E-state index is 11.6. The zero-order chi connectivity index (χ0) is 14.5. The summed E-state index contributed by atoms with van der Waals surface area (Å²) in [7, 11) is 1.63. The largest absolute Gasteiger partial charge is 0.397 e. The Morgan fingerprint density at radius 2 is 2.20 bits per heavy atom. The van der Waals surface area contributed by atoms with Crippen LogP contribution in [0.4, 0.5) is 11.4 Å². The first kappa shape index (κ1) is 14.7. The van der Waals surface area contributed by atoms with E-state index in [0.29, 0.717) is 11.3 Å². The van der Waals surface area contributed by atoms with Gasteiger partial charge in [0.25, 0.3) is 5.91 Å². The third-order valence-electron chi connectivity index (χ3n) is 4.28. The lowest BCUT2D eigenvalue weighted by molar-refractivity contribution is 0.0963. The Hall–Kier alpha value is -1.71. The minimum absolute atomic E-state index is 0.0924. The molecule has 0 aromatic heterocycles. The normalized spacial score (nSPS) is 19.5. The van der Waals surface area contributed by atoms with Crippen LogP contribution in [0.15, 0.2) is 18.2 Å². The van der Waals surface area contributed by atoms with E-state index >= 15 is 0 Å². The summed E-state index contributed by atoms with van der Waals surface area (Å²) >= 11 is 0. The highest BCUT2D eigenvalue weighted by Gasteiger charge is 2.18. The van der Waals surface area contributed by atoms with Crippen molar-refractivity contribution < 1.29 is 4.79 Å². The van der Waals surface area contributed by atoms with Crippen molar-refractivity contribution >= 4 is 17.3 Å². The molecule has 0 radical (unpaired) electrons. The van der Waals surface area contributed by atoms with Gasteiger partial charge in [0.05, 0.1) is 11.4 Å². The average molecular weight is 275 g/mol. The number of amides is 1. The summed E-state index contributed by atoms with van der Waals surface area (Å²) in [6.45, 7) is 4.38. The van der Waals surface area contributed by atoms with Crippen molar-refractivity contribution in [2.24, 2.45) is 5.92 Å². The number of anilines is 2. The highest BCUT2D eigenvalue weighted by atomic mass is 16.1. The van der Waals surface area contributed by atoms with Crippen LogP contribution in [0.1, 0.15) is 43.0 Å². The quantitative estimate of drug-likeness (QED) is 0.834. The number of carbonyl (C=O) groups is 1. The van der Waals surface area contributed by atoms with Crippen LogP contribution in [0.3, 0.4) is 0 Å². The monoisotopic (exact) mass is 275 g/mol. The Morgan fingerprint density at radius 3 is 2.85 bits per heavy atom. The molecule has 2 rings (SSSR count). The highest BCUT2D eigenvalue weighted by molar-refractivity contribution is 5.96. The molecule has 4 nitrogen and oxygen atoms in total. The van der Waals surface area contributed by atoms with Gasteiger partial charge in [-0.15, -0.1) is 0 Å². The van der Waals surface area contributed by atoms with Crippen molar-refractivity contribution in [2.75, 3.05) is 30.8 Å². The van der Waals surface area contributed by atoms with Crippen molar-refractivity contribution in [3.63, 3.8) is 0 Å². The number of hydrogen-bond acceptors (Lipinski definition) is 3. The summed E-state index contributed by atoms with van der Waals surface area (Å²) in [5.74, 6) is 0.747. The first-order valence-corrected chi connectivity index (χ1v) is 7.52. The predicted molar refractivity (Wildman–Crippen MR) is 84.1 cm³/mol. The molecule has 1 fully saturated rings. The van der Waals surface area contributed by atoms with E-state index in [2.05, 4.69) is 17.1 Å². The van der Waals surface area contributed by atoms with Crippen molar-refractivity contribution in [1.29, 1.82) is 0 Å². The zero-order valence-corrected chi connectivity index (χ0v) is 12.5. The number of nitrogens with one attached hydrogen (secondary N) is 1. The molecule has 1 heterocycles. The van der Waals surface area contributed by atoms with Crippen LogP contribution in [0.2, 0.25) is 0 Å². The SMILES string of the molecule is CCC1CCCN(c2ccc(C(=O)NC)cc2N)CC1. The van der Waals surface area contributed by atoms with Crippen molar-refractivity contribution in [3.05, 3.63) is 23.8 Å². The molecule has 1 unspecified atom stereocenters.